The minimum absolute atomic E-state index is 0.0300. The molecule has 0 aromatic carbocycles. The second kappa shape index (κ2) is 4.00. The van der Waals surface area contributed by atoms with Gasteiger partial charge in [-0.15, -0.1) is 0 Å². The summed E-state index contributed by atoms with van der Waals surface area (Å²) in [5, 5.41) is -0.239. The first-order chi connectivity index (χ1) is 5.52. The number of Topliss-reactive ketones (excluding diaryl/α,β-unsaturated/α-hetero) is 1. The highest BCUT2D eigenvalue weighted by Crippen LogP contribution is 2.19. The molecule has 0 bridgehead atoms. The lowest BCUT2D eigenvalue weighted by atomic mass is 10.0. The van der Waals surface area contributed by atoms with Crippen molar-refractivity contribution in [2.24, 2.45) is 11.7 Å². The smallest absolute Gasteiger partial charge is 0.163 e. The zero-order chi connectivity index (χ0) is 9.30. The summed E-state index contributed by atoms with van der Waals surface area (Å²) in [7, 11) is 0. The first-order valence-corrected chi connectivity index (χ1v) is 4.85. The highest BCUT2D eigenvalue weighted by Gasteiger charge is 2.31. The lowest BCUT2D eigenvalue weighted by Crippen LogP contribution is -2.40. The number of carbonyl (C=O) groups is 1. The van der Waals surface area contributed by atoms with Crippen molar-refractivity contribution in [3.63, 3.8) is 0 Å². The van der Waals surface area contributed by atoms with E-state index in [0.29, 0.717) is 6.54 Å². The van der Waals surface area contributed by atoms with Gasteiger partial charge in [-0.1, -0.05) is 19.7 Å². The van der Waals surface area contributed by atoms with Crippen LogP contribution in [0, 0.1) is 5.92 Å². The van der Waals surface area contributed by atoms with Crippen molar-refractivity contribution in [1.82, 2.24) is 4.31 Å². The van der Waals surface area contributed by atoms with E-state index in [1.165, 1.54) is 0 Å². The Kier molecular flexibility index (Phi) is 3.46. The molecule has 3 unspecified atom stereocenters. The second-order valence-electron chi connectivity index (χ2n) is 3.30. The Hall–Kier alpha value is 0.290. The quantitative estimate of drug-likeness (QED) is 0.488. The van der Waals surface area contributed by atoms with Crippen LogP contribution in [-0.4, -0.2) is 34.5 Å². The third-order valence-corrected chi connectivity index (χ3v) is 3.19. The second-order valence-corrected chi connectivity index (χ2v) is 4.42. The average Bonchev–Trinajstić information content (AvgIpc) is 2.05. The Morgan fingerprint density at radius 3 is 2.75 bits per heavy atom. The summed E-state index contributed by atoms with van der Waals surface area (Å²) in [6, 6.07) is -0.435. The fourth-order valence-corrected chi connectivity index (χ4v) is 2.04. The molecule has 0 aromatic heterocycles. The van der Waals surface area contributed by atoms with Crippen LogP contribution in [0.5, 0.6) is 0 Å². The molecule has 0 aromatic rings. The number of nitrogens with two attached hydrogens (primary N) is 1. The largest absolute Gasteiger partial charge is 0.320 e. The highest BCUT2D eigenvalue weighted by molar-refractivity contribution is 7.81. The van der Waals surface area contributed by atoms with Crippen molar-refractivity contribution in [2.75, 3.05) is 13.1 Å². The molecule has 5 heteroatoms. The van der Waals surface area contributed by atoms with Crippen LogP contribution in [0.15, 0.2) is 0 Å². The molecule has 1 aliphatic heterocycles. The maximum Gasteiger partial charge on any atom is 0.163 e. The lowest BCUT2D eigenvalue weighted by Gasteiger charge is -2.16. The van der Waals surface area contributed by atoms with Gasteiger partial charge in [0.1, 0.15) is 0 Å². The molecule has 1 fully saturated rings. The maximum absolute atomic E-state index is 11.4. The van der Waals surface area contributed by atoms with Crippen molar-refractivity contribution in [3.8, 4) is 0 Å². The number of ketones is 1. The predicted octanol–water partition coefficient (Wildman–Crippen LogP) is -0.0223. The summed E-state index contributed by atoms with van der Waals surface area (Å²) < 4.78 is 1.78. The molecule has 3 nitrogen and oxygen atoms in total. The number of hydrogen-bond donors (Lipinski definition) is 3. The van der Waals surface area contributed by atoms with Crippen LogP contribution < -0.4 is 5.73 Å². The molecule has 1 saturated heterocycles. The van der Waals surface area contributed by atoms with Gasteiger partial charge in [-0.2, -0.15) is 12.6 Å². The van der Waals surface area contributed by atoms with Gasteiger partial charge < -0.3 is 5.73 Å². The molecule has 0 aliphatic carbocycles. The van der Waals surface area contributed by atoms with Crippen molar-refractivity contribution in [3.05, 3.63) is 0 Å². The van der Waals surface area contributed by atoms with Gasteiger partial charge in [0.05, 0.1) is 11.3 Å². The molecule has 1 rings (SSSR count). The van der Waals surface area contributed by atoms with Gasteiger partial charge in [0.15, 0.2) is 5.78 Å². The van der Waals surface area contributed by atoms with E-state index in [2.05, 4.69) is 25.4 Å². The number of thiol groups is 2. The SMILES string of the molecule is CC1CN(S)CC(N)C(=O)C1S. The monoisotopic (exact) mass is 206 g/mol. The Morgan fingerprint density at radius 1 is 1.58 bits per heavy atom. The highest BCUT2D eigenvalue weighted by atomic mass is 32.1. The summed E-state index contributed by atoms with van der Waals surface area (Å²) in [6.07, 6.45) is 0. The first-order valence-electron chi connectivity index (χ1n) is 3.93. The van der Waals surface area contributed by atoms with Gasteiger partial charge >= 0.3 is 0 Å². The van der Waals surface area contributed by atoms with Gasteiger partial charge in [0, 0.05) is 13.1 Å². The van der Waals surface area contributed by atoms with E-state index in [-0.39, 0.29) is 17.0 Å². The number of nitrogens with zero attached hydrogens (tertiary/aromatic N) is 1. The van der Waals surface area contributed by atoms with E-state index < -0.39 is 6.04 Å². The number of rotatable bonds is 0. The van der Waals surface area contributed by atoms with Crippen LogP contribution in [0.2, 0.25) is 0 Å². The van der Waals surface area contributed by atoms with Crippen LogP contribution in [0.1, 0.15) is 6.92 Å². The van der Waals surface area contributed by atoms with E-state index >= 15 is 0 Å². The van der Waals surface area contributed by atoms with Gasteiger partial charge in [-0.05, 0) is 5.92 Å². The molecule has 0 spiro atoms. The summed E-state index contributed by atoms with van der Waals surface area (Å²) in [6.45, 7) is 3.26. The van der Waals surface area contributed by atoms with Crippen LogP contribution >= 0.6 is 25.4 Å². The van der Waals surface area contributed by atoms with Crippen molar-refractivity contribution in [2.45, 2.75) is 18.2 Å². The standard InChI is InChI=1S/C7H14N2OS2/c1-4-2-9(12)3-5(8)6(10)7(4)11/h4-5,7,11-12H,2-3,8H2,1H3. The van der Waals surface area contributed by atoms with E-state index in [1.54, 1.807) is 4.31 Å². The first kappa shape index (κ1) is 10.4. The van der Waals surface area contributed by atoms with E-state index in [4.69, 9.17) is 5.73 Å². The molecule has 0 saturated carbocycles. The maximum atomic E-state index is 11.4. The molecular formula is C7H14N2OS2. The molecule has 0 amide bonds. The van der Waals surface area contributed by atoms with E-state index in [1.807, 2.05) is 6.92 Å². The van der Waals surface area contributed by atoms with Crippen molar-refractivity contribution < 1.29 is 4.79 Å². The van der Waals surface area contributed by atoms with Crippen LogP contribution in [-0.2, 0) is 4.79 Å². The summed E-state index contributed by atoms with van der Waals surface area (Å²) in [4.78, 5) is 11.4. The Labute approximate surface area is 83.6 Å². The van der Waals surface area contributed by atoms with Crippen LogP contribution in [0.4, 0.5) is 0 Å². The Bertz CT molecular complexity index is 188. The molecule has 0 radical (unpaired) electrons. The van der Waals surface area contributed by atoms with Crippen molar-refractivity contribution >= 4 is 31.2 Å². The van der Waals surface area contributed by atoms with E-state index in [9.17, 15) is 4.79 Å². The van der Waals surface area contributed by atoms with Gasteiger partial charge in [0.25, 0.3) is 0 Å². The van der Waals surface area contributed by atoms with Gasteiger partial charge in [-0.25, -0.2) is 0 Å². The molecule has 12 heavy (non-hydrogen) atoms. The number of carbonyl (C=O) groups excluding carboxylic acids is 1. The van der Waals surface area contributed by atoms with Gasteiger partial charge in [0.2, 0.25) is 0 Å². The zero-order valence-corrected chi connectivity index (χ0v) is 8.76. The Balaban J connectivity index is 2.73. The minimum Gasteiger partial charge on any atom is -0.320 e. The predicted molar refractivity (Wildman–Crippen MR) is 55.5 cm³/mol. The average molecular weight is 206 g/mol. The normalized spacial score (nSPS) is 39.7. The van der Waals surface area contributed by atoms with Crippen LogP contribution in [0.25, 0.3) is 0 Å². The molecule has 1 heterocycles. The summed E-state index contributed by atoms with van der Waals surface area (Å²) in [5.41, 5.74) is 5.63. The molecule has 1 aliphatic rings. The van der Waals surface area contributed by atoms with Crippen molar-refractivity contribution in [1.29, 1.82) is 0 Å². The van der Waals surface area contributed by atoms with Crippen LogP contribution in [0.3, 0.4) is 0 Å². The summed E-state index contributed by atoms with van der Waals surface area (Å²) >= 11 is 8.43. The summed E-state index contributed by atoms with van der Waals surface area (Å²) in [5.74, 6) is 0.245. The minimum atomic E-state index is -0.435. The van der Waals surface area contributed by atoms with E-state index in [0.717, 1.165) is 6.54 Å². The molecule has 2 N–H and O–H groups in total. The Morgan fingerprint density at radius 2 is 2.17 bits per heavy atom. The topological polar surface area (TPSA) is 46.3 Å². The molecule has 3 atom stereocenters. The fraction of sp³-hybridized carbons (Fsp3) is 0.857. The third kappa shape index (κ3) is 2.16. The number of hydrogen-bond acceptors (Lipinski definition) is 5. The zero-order valence-electron chi connectivity index (χ0n) is 6.97. The molecular weight excluding hydrogens is 192 g/mol. The lowest BCUT2D eigenvalue weighted by molar-refractivity contribution is -0.119. The molecule has 70 valence electrons. The fourth-order valence-electron chi connectivity index (χ4n) is 1.32. The van der Waals surface area contributed by atoms with Gasteiger partial charge in [-0.3, -0.25) is 9.10 Å². The third-order valence-electron chi connectivity index (χ3n) is 2.10.